The van der Waals surface area contributed by atoms with Crippen molar-refractivity contribution in [3.63, 3.8) is 0 Å². The summed E-state index contributed by atoms with van der Waals surface area (Å²) in [5.41, 5.74) is 17.1. The molecule has 2 aliphatic carbocycles. The van der Waals surface area contributed by atoms with Gasteiger partial charge >= 0.3 is 0 Å². The van der Waals surface area contributed by atoms with Gasteiger partial charge in [0.2, 0.25) is 0 Å². The van der Waals surface area contributed by atoms with Crippen molar-refractivity contribution in [1.82, 2.24) is 0 Å². The maximum Gasteiger partial charge on any atom is 0.0311 e. The Kier molecular flexibility index (Phi) is 4.43. The molecule has 0 heteroatoms. The van der Waals surface area contributed by atoms with E-state index < -0.39 is 0 Å². The summed E-state index contributed by atoms with van der Waals surface area (Å²) in [5, 5.41) is 0. The molecule has 0 heterocycles. The minimum Gasteiger partial charge on any atom is -0.0619 e. The van der Waals surface area contributed by atoms with Gasteiger partial charge in [-0.3, -0.25) is 0 Å². The molecule has 0 N–H and O–H groups in total. The van der Waals surface area contributed by atoms with E-state index in [-0.39, 0.29) is 0 Å². The number of hydrogen-bond acceptors (Lipinski definition) is 0. The molecule has 0 saturated heterocycles. The molecular weight excluding hydrogens is 384 g/mol. The minimum absolute atomic E-state index is 0.351. The smallest absolute Gasteiger partial charge is 0.0311 e. The monoisotopic (exact) mass is 412 g/mol. The molecule has 1 atom stereocenters. The van der Waals surface area contributed by atoms with E-state index in [4.69, 9.17) is 0 Å². The van der Waals surface area contributed by atoms with Crippen LogP contribution in [-0.4, -0.2) is 0 Å². The quantitative estimate of drug-likeness (QED) is 0.279. The van der Waals surface area contributed by atoms with Crippen LogP contribution in [0.15, 0.2) is 84.4 Å². The van der Waals surface area contributed by atoms with E-state index in [0.717, 1.165) is 12.8 Å². The summed E-state index contributed by atoms with van der Waals surface area (Å²) in [4.78, 5) is 0. The van der Waals surface area contributed by atoms with Crippen LogP contribution in [0.25, 0.3) is 28.3 Å². The molecule has 0 saturated carbocycles. The lowest BCUT2D eigenvalue weighted by atomic mass is 9.82. The van der Waals surface area contributed by atoms with Crippen molar-refractivity contribution in [2.24, 2.45) is 0 Å². The summed E-state index contributed by atoms with van der Waals surface area (Å²) < 4.78 is 0. The number of allylic oxidation sites excluding steroid dienone is 1. The Labute approximate surface area is 191 Å². The van der Waals surface area contributed by atoms with Crippen LogP contribution in [0.3, 0.4) is 0 Å². The van der Waals surface area contributed by atoms with Crippen molar-refractivity contribution in [3.8, 4) is 22.3 Å². The average molecular weight is 413 g/mol. The molecule has 0 radical (unpaired) electrons. The minimum atomic E-state index is 0.351. The van der Waals surface area contributed by atoms with Gasteiger partial charge in [-0.25, -0.2) is 0 Å². The summed E-state index contributed by atoms with van der Waals surface area (Å²) in [7, 11) is 0. The number of fused-ring (bicyclic) bond motifs is 4. The van der Waals surface area contributed by atoms with Crippen LogP contribution in [0.5, 0.6) is 0 Å². The zero-order chi connectivity index (χ0) is 21.8. The zero-order valence-corrected chi connectivity index (χ0v) is 19.1. The van der Waals surface area contributed by atoms with Gasteiger partial charge in [-0.15, -0.1) is 0 Å². The van der Waals surface area contributed by atoms with Gasteiger partial charge in [0.1, 0.15) is 0 Å². The van der Waals surface area contributed by atoms with E-state index in [9.17, 15) is 0 Å². The molecular formula is C32H28. The molecule has 0 bridgehead atoms. The van der Waals surface area contributed by atoms with Crippen molar-refractivity contribution in [2.45, 2.75) is 39.5 Å². The van der Waals surface area contributed by atoms with Crippen LogP contribution in [0.1, 0.15) is 58.2 Å². The van der Waals surface area contributed by atoms with Crippen molar-refractivity contribution in [3.05, 3.63) is 123 Å². The highest BCUT2D eigenvalue weighted by atomic mass is 14.3. The topological polar surface area (TPSA) is 0 Å². The zero-order valence-electron chi connectivity index (χ0n) is 19.1. The number of hydrogen-bond donors (Lipinski definition) is 0. The Morgan fingerprint density at radius 2 is 1.47 bits per heavy atom. The summed E-state index contributed by atoms with van der Waals surface area (Å²) in [6, 6.07) is 29.6. The van der Waals surface area contributed by atoms with Crippen LogP contribution in [-0.2, 0) is 6.42 Å². The van der Waals surface area contributed by atoms with Gasteiger partial charge in [-0.05, 0) is 82.3 Å². The van der Waals surface area contributed by atoms with E-state index >= 15 is 0 Å². The largest absolute Gasteiger partial charge is 0.0619 e. The predicted molar refractivity (Wildman–Crippen MR) is 136 cm³/mol. The molecule has 32 heavy (non-hydrogen) atoms. The summed E-state index contributed by atoms with van der Waals surface area (Å²) in [6.45, 7) is 6.72. The van der Waals surface area contributed by atoms with Crippen molar-refractivity contribution < 1.29 is 0 Å². The molecule has 0 nitrogen and oxygen atoms in total. The lowest BCUT2D eigenvalue weighted by molar-refractivity contribution is 0.895. The van der Waals surface area contributed by atoms with E-state index in [2.05, 4.69) is 106 Å². The molecule has 4 aromatic rings. The third-order valence-corrected chi connectivity index (χ3v) is 7.44. The number of benzene rings is 4. The van der Waals surface area contributed by atoms with E-state index in [0.29, 0.717) is 5.92 Å². The molecule has 0 aliphatic heterocycles. The Hall–Kier alpha value is -3.38. The molecule has 156 valence electrons. The second kappa shape index (κ2) is 7.35. The Bertz CT molecular complexity index is 1400. The second-order valence-electron chi connectivity index (χ2n) is 9.34. The van der Waals surface area contributed by atoms with Crippen LogP contribution in [0.2, 0.25) is 0 Å². The molecule has 6 rings (SSSR count). The van der Waals surface area contributed by atoms with Gasteiger partial charge < -0.3 is 0 Å². The van der Waals surface area contributed by atoms with Gasteiger partial charge in [-0.1, -0.05) is 103 Å². The number of aryl methyl sites for hydroxylation is 2. The first-order valence-electron chi connectivity index (χ1n) is 11.8. The lowest BCUT2D eigenvalue weighted by Gasteiger charge is -2.21. The summed E-state index contributed by atoms with van der Waals surface area (Å²) >= 11 is 0. The van der Waals surface area contributed by atoms with Crippen molar-refractivity contribution >= 4 is 6.08 Å². The maximum absolute atomic E-state index is 2.48. The average Bonchev–Trinajstić information content (AvgIpc) is 3.39. The highest BCUT2D eigenvalue weighted by molar-refractivity contribution is 5.86. The SMILES string of the molecule is CCC1=Cc2c(-c3cc(C)ccc3C)cccc2C1c1cccc2c1Cc1ccccc1-2. The van der Waals surface area contributed by atoms with Gasteiger partial charge in [0.15, 0.2) is 0 Å². The highest BCUT2D eigenvalue weighted by Gasteiger charge is 2.31. The van der Waals surface area contributed by atoms with E-state index in [1.165, 1.54) is 66.8 Å². The van der Waals surface area contributed by atoms with Gasteiger partial charge in [-0.2, -0.15) is 0 Å². The van der Waals surface area contributed by atoms with Gasteiger partial charge in [0, 0.05) is 5.92 Å². The first-order chi connectivity index (χ1) is 15.7. The standard InChI is InChI=1S/C32H28/c1-4-22-18-30-26(29-17-20(2)15-16-21(29)3)12-8-14-27(30)32(22)28-13-7-11-25-24-10-6-5-9-23(24)19-31(25)28/h5-18,32H,4,19H2,1-3H3. The maximum atomic E-state index is 2.48. The Morgan fingerprint density at radius 1 is 0.719 bits per heavy atom. The van der Waals surface area contributed by atoms with Crippen molar-refractivity contribution in [2.75, 3.05) is 0 Å². The highest BCUT2D eigenvalue weighted by Crippen LogP contribution is 2.49. The normalized spacial score (nSPS) is 15.8. The van der Waals surface area contributed by atoms with Gasteiger partial charge in [0.05, 0.1) is 0 Å². The molecule has 0 fully saturated rings. The van der Waals surface area contributed by atoms with E-state index in [1.807, 2.05) is 0 Å². The Balaban J connectivity index is 1.54. The fourth-order valence-corrected chi connectivity index (χ4v) is 5.85. The number of rotatable bonds is 3. The van der Waals surface area contributed by atoms with Crippen molar-refractivity contribution in [1.29, 1.82) is 0 Å². The first kappa shape index (κ1) is 19.3. The molecule has 1 unspecified atom stereocenters. The van der Waals surface area contributed by atoms with Gasteiger partial charge in [0.25, 0.3) is 0 Å². The third-order valence-electron chi connectivity index (χ3n) is 7.44. The molecule has 0 spiro atoms. The molecule has 2 aliphatic rings. The summed E-state index contributed by atoms with van der Waals surface area (Å²) in [5.74, 6) is 0.351. The Morgan fingerprint density at radius 3 is 2.31 bits per heavy atom. The first-order valence-corrected chi connectivity index (χ1v) is 11.8. The fourth-order valence-electron chi connectivity index (χ4n) is 5.85. The second-order valence-corrected chi connectivity index (χ2v) is 9.34. The van der Waals surface area contributed by atoms with Crippen LogP contribution >= 0.6 is 0 Å². The van der Waals surface area contributed by atoms with Crippen LogP contribution < -0.4 is 0 Å². The van der Waals surface area contributed by atoms with E-state index in [1.54, 1.807) is 0 Å². The lowest BCUT2D eigenvalue weighted by Crippen LogP contribution is -2.05. The molecule has 0 amide bonds. The molecule has 4 aromatic carbocycles. The third kappa shape index (κ3) is 2.83. The van der Waals surface area contributed by atoms with Crippen LogP contribution in [0.4, 0.5) is 0 Å². The van der Waals surface area contributed by atoms with Crippen LogP contribution in [0, 0.1) is 13.8 Å². The predicted octanol–water partition coefficient (Wildman–Crippen LogP) is 8.48. The molecule has 0 aromatic heterocycles. The summed E-state index contributed by atoms with van der Waals surface area (Å²) in [6.07, 6.45) is 4.60. The fraction of sp³-hybridized carbons (Fsp3) is 0.188.